The molecule has 2 atom stereocenters. The Morgan fingerprint density at radius 3 is 2.47 bits per heavy atom. The molecule has 0 spiro atoms. The number of morpholine rings is 1. The smallest absolute Gasteiger partial charge is 0.0678 e. The highest BCUT2D eigenvalue weighted by Gasteiger charge is 2.20. The quantitative estimate of drug-likeness (QED) is 0.793. The highest BCUT2D eigenvalue weighted by molar-refractivity contribution is 5.48. The van der Waals surface area contributed by atoms with Gasteiger partial charge in [0.25, 0.3) is 0 Å². The van der Waals surface area contributed by atoms with Crippen molar-refractivity contribution in [1.29, 1.82) is 0 Å². The molecule has 2 nitrogen and oxygen atoms in total. The van der Waals surface area contributed by atoms with Crippen LogP contribution in [0.4, 0.5) is 0 Å². The van der Waals surface area contributed by atoms with E-state index in [0.29, 0.717) is 12.2 Å². The average molecular weight is 231 g/mol. The summed E-state index contributed by atoms with van der Waals surface area (Å²) in [7, 11) is 0. The average Bonchev–Trinajstić information content (AvgIpc) is 2.29. The molecule has 0 saturated carbocycles. The number of nitrogens with zero attached hydrogens (tertiary/aromatic N) is 1. The van der Waals surface area contributed by atoms with Gasteiger partial charge in [-0.1, -0.05) is 42.5 Å². The molecule has 0 bridgehead atoms. The first-order valence-corrected chi connectivity index (χ1v) is 6.33. The van der Waals surface area contributed by atoms with Gasteiger partial charge in [0.2, 0.25) is 0 Å². The van der Waals surface area contributed by atoms with Crippen LogP contribution in [0.1, 0.15) is 19.4 Å². The van der Waals surface area contributed by atoms with Crippen molar-refractivity contribution >= 4 is 6.08 Å². The van der Waals surface area contributed by atoms with Crippen LogP contribution in [0, 0.1) is 0 Å². The lowest BCUT2D eigenvalue weighted by atomic mass is 10.2. The van der Waals surface area contributed by atoms with E-state index in [0.717, 1.165) is 19.6 Å². The van der Waals surface area contributed by atoms with Gasteiger partial charge in [-0.25, -0.2) is 0 Å². The van der Waals surface area contributed by atoms with E-state index in [1.54, 1.807) is 0 Å². The van der Waals surface area contributed by atoms with Gasteiger partial charge in [-0.3, -0.25) is 4.90 Å². The zero-order valence-electron chi connectivity index (χ0n) is 10.7. The summed E-state index contributed by atoms with van der Waals surface area (Å²) in [5.74, 6) is 0. The molecular weight excluding hydrogens is 210 g/mol. The van der Waals surface area contributed by atoms with E-state index in [1.165, 1.54) is 5.56 Å². The molecule has 1 fully saturated rings. The van der Waals surface area contributed by atoms with Crippen LogP contribution in [0.25, 0.3) is 6.08 Å². The molecule has 2 rings (SSSR count). The number of ether oxygens (including phenoxy) is 1. The molecule has 1 aliphatic rings. The highest BCUT2D eigenvalue weighted by Crippen LogP contribution is 2.10. The van der Waals surface area contributed by atoms with E-state index in [1.807, 2.05) is 6.07 Å². The summed E-state index contributed by atoms with van der Waals surface area (Å²) >= 11 is 0. The van der Waals surface area contributed by atoms with Gasteiger partial charge in [-0.15, -0.1) is 0 Å². The van der Waals surface area contributed by atoms with Gasteiger partial charge in [-0.2, -0.15) is 0 Å². The molecule has 0 amide bonds. The molecule has 0 N–H and O–H groups in total. The van der Waals surface area contributed by atoms with Gasteiger partial charge >= 0.3 is 0 Å². The van der Waals surface area contributed by atoms with Crippen LogP contribution in [0.5, 0.6) is 0 Å². The normalized spacial score (nSPS) is 26.5. The molecule has 0 radical (unpaired) electrons. The van der Waals surface area contributed by atoms with E-state index in [2.05, 4.69) is 55.2 Å². The lowest BCUT2D eigenvalue weighted by Crippen LogP contribution is -2.45. The second kappa shape index (κ2) is 5.99. The molecule has 2 heteroatoms. The van der Waals surface area contributed by atoms with Crippen molar-refractivity contribution in [3.63, 3.8) is 0 Å². The maximum Gasteiger partial charge on any atom is 0.0678 e. The Kier molecular flexibility index (Phi) is 4.35. The maximum absolute atomic E-state index is 5.72. The molecule has 17 heavy (non-hydrogen) atoms. The number of hydrogen-bond donors (Lipinski definition) is 0. The third kappa shape index (κ3) is 3.99. The SMILES string of the molecule is C[C@@H]1CN(C/C=C/c2ccccc2)C[C@@H](C)O1. The molecule has 1 aliphatic heterocycles. The monoisotopic (exact) mass is 231 g/mol. The largest absolute Gasteiger partial charge is 0.373 e. The fourth-order valence-electron chi connectivity index (χ4n) is 2.34. The first-order chi connectivity index (χ1) is 8.24. The number of hydrogen-bond acceptors (Lipinski definition) is 2. The molecule has 1 saturated heterocycles. The molecule has 0 aromatic heterocycles. The van der Waals surface area contributed by atoms with Gasteiger partial charge < -0.3 is 4.74 Å². The summed E-state index contributed by atoms with van der Waals surface area (Å²) in [6.45, 7) is 7.35. The molecule has 1 aromatic rings. The summed E-state index contributed by atoms with van der Waals surface area (Å²) in [6, 6.07) is 10.4. The van der Waals surface area contributed by atoms with Gasteiger partial charge in [0.1, 0.15) is 0 Å². The zero-order chi connectivity index (χ0) is 12.1. The Hall–Kier alpha value is -1.12. The lowest BCUT2D eigenvalue weighted by molar-refractivity contribution is -0.0645. The fourth-order valence-corrected chi connectivity index (χ4v) is 2.34. The Labute approximate surface area is 104 Å². The van der Waals surface area contributed by atoms with Gasteiger partial charge in [-0.05, 0) is 19.4 Å². The first kappa shape index (κ1) is 12.3. The second-order valence-corrected chi connectivity index (χ2v) is 4.79. The van der Waals surface area contributed by atoms with Crippen LogP contribution < -0.4 is 0 Å². The van der Waals surface area contributed by atoms with Crippen molar-refractivity contribution in [2.24, 2.45) is 0 Å². The Balaban J connectivity index is 1.83. The van der Waals surface area contributed by atoms with Gasteiger partial charge in [0.15, 0.2) is 0 Å². The first-order valence-electron chi connectivity index (χ1n) is 6.33. The third-order valence-electron chi connectivity index (χ3n) is 2.97. The molecule has 1 aromatic carbocycles. The van der Waals surface area contributed by atoms with Crippen molar-refractivity contribution in [3.05, 3.63) is 42.0 Å². The minimum atomic E-state index is 0.351. The van der Waals surface area contributed by atoms with Crippen molar-refractivity contribution in [3.8, 4) is 0 Å². The number of rotatable bonds is 3. The Bertz CT molecular complexity index is 350. The van der Waals surface area contributed by atoms with Crippen LogP contribution in [-0.2, 0) is 4.74 Å². The Morgan fingerprint density at radius 1 is 1.18 bits per heavy atom. The van der Waals surface area contributed by atoms with Crippen molar-refractivity contribution in [2.45, 2.75) is 26.1 Å². The van der Waals surface area contributed by atoms with Gasteiger partial charge in [0, 0.05) is 19.6 Å². The standard InChI is InChI=1S/C15H21NO/c1-13-11-16(12-14(2)17-13)10-6-9-15-7-4-3-5-8-15/h3-9,13-14H,10-12H2,1-2H3/b9-6+/t13-,14-/m1/s1. The number of benzene rings is 1. The topological polar surface area (TPSA) is 12.5 Å². The van der Waals surface area contributed by atoms with Crippen LogP contribution >= 0.6 is 0 Å². The maximum atomic E-state index is 5.72. The van der Waals surface area contributed by atoms with E-state index >= 15 is 0 Å². The second-order valence-electron chi connectivity index (χ2n) is 4.79. The lowest BCUT2D eigenvalue weighted by Gasteiger charge is -2.34. The molecule has 92 valence electrons. The molecule has 0 unspecified atom stereocenters. The van der Waals surface area contributed by atoms with E-state index < -0.39 is 0 Å². The van der Waals surface area contributed by atoms with Crippen LogP contribution in [-0.4, -0.2) is 36.7 Å². The van der Waals surface area contributed by atoms with E-state index in [9.17, 15) is 0 Å². The van der Waals surface area contributed by atoms with Crippen LogP contribution in [0.15, 0.2) is 36.4 Å². The molecule has 1 heterocycles. The predicted octanol–water partition coefficient (Wildman–Crippen LogP) is 2.81. The minimum Gasteiger partial charge on any atom is -0.373 e. The van der Waals surface area contributed by atoms with E-state index in [4.69, 9.17) is 4.74 Å². The third-order valence-corrected chi connectivity index (χ3v) is 2.97. The van der Waals surface area contributed by atoms with Crippen LogP contribution in [0.3, 0.4) is 0 Å². The minimum absolute atomic E-state index is 0.351. The molecular formula is C15H21NO. The van der Waals surface area contributed by atoms with E-state index in [-0.39, 0.29) is 0 Å². The molecule has 0 aliphatic carbocycles. The van der Waals surface area contributed by atoms with Crippen LogP contribution in [0.2, 0.25) is 0 Å². The van der Waals surface area contributed by atoms with Gasteiger partial charge in [0.05, 0.1) is 12.2 Å². The summed E-state index contributed by atoms with van der Waals surface area (Å²) < 4.78 is 5.72. The predicted molar refractivity (Wildman–Crippen MR) is 71.9 cm³/mol. The summed E-state index contributed by atoms with van der Waals surface area (Å²) in [4.78, 5) is 2.44. The van der Waals surface area contributed by atoms with Crippen molar-refractivity contribution < 1.29 is 4.74 Å². The zero-order valence-corrected chi connectivity index (χ0v) is 10.7. The Morgan fingerprint density at radius 2 is 1.82 bits per heavy atom. The summed E-state index contributed by atoms with van der Waals surface area (Å²) in [5, 5.41) is 0. The fraction of sp³-hybridized carbons (Fsp3) is 0.467. The summed E-state index contributed by atoms with van der Waals surface area (Å²) in [5.41, 5.74) is 1.27. The highest BCUT2D eigenvalue weighted by atomic mass is 16.5. The van der Waals surface area contributed by atoms with Crippen molar-refractivity contribution in [1.82, 2.24) is 4.90 Å². The summed E-state index contributed by atoms with van der Waals surface area (Å²) in [6.07, 6.45) is 5.12. The van der Waals surface area contributed by atoms with Crippen molar-refractivity contribution in [2.75, 3.05) is 19.6 Å².